The normalized spacial score (nSPS) is 12.8. The topological polar surface area (TPSA) is 104 Å². The number of nitrogens with zero attached hydrogens (tertiary/aromatic N) is 3. The van der Waals surface area contributed by atoms with Gasteiger partial charge in [-0.25, -0.2) is 0 Å². The van der Waals surface area contributed by atoms with E-state index in [2.05, 4.69) is 15.6 Å². The van der Waals surface area contributed by atoms with Crippen molar-refractivity contribution in [2.24, 2.45) is 0 Å². The summed E-state index contributed by atoms with van der Waals surface area (Å²) in [7, 11) is 0. The van der Waals surface area contributed by atoms with E-state index in [0.29, 0.717) is 11.5 Å². The number of amides is 1. The molecule has 0 bridgehead atoms. The maximum Gasteiger partial charge on any atom is 0.416 e. The summed E-state index contributed by atoms with van der Waals surface area (Å²) in [5, 5.41) is 10.0. The molecule has 8 nitrogen and oxygen atoms in total. The molecule has 0 saturated carbocycles. The molecule has 1 amide bonds. The monoisotopic (exact) mass is 405 g/mol. The van der Waals surface area contributed by atoms with Crippen molar-refractivity contribution in [3.8, 4) is 17.2 Å². The van der Waals surface area contributed by atoms with Gasteiger partial charge in [0.25, 0.3) is 5.91 Å². The number of benzene rings is 2. The van der Waals surface area contributed by atoms with Gasteiger partial charge in [-0.05, 0) is 35.9 Å². The molecule has 29 heavy (non-hydrogen) atoms. The molecule has 11 heteroatoms. The van der Waals surface area contributed by atoms with Crippen LogP contribution < -0.4 is 20.5 Å². The number of carbonyl (C=O) groups is 1. The summed E-state index contributed by atoms with van der Waals surface area (Å²) < 4.78 is 50.2. The second-order valence-electron chi connectivity index (χ2n) is 6.15. The molecule has 0 saturated heterocycles. The Labute approximate surface area is 162 Å². The van der Waals surface area contributed by atoms with E-state index < -0.39 is 17.6 Å². The van der Waals surface area contributed by atoms with Crippen molar-refractivity contribution in [2.45, 2.75) is 12.7 Å². The van der Waals surface area contributed by atoms with E-state index in [1.54, 1.807) is 18.2 Å². The number of rotatable bonds is 4. The van der Waals surface area contributed by atoms with Crippen LogP contribution in [0.5, 0.6) is 11.5 Å². The molecular formula is C18H14F3N5O3. The molecule has 150 valence electrons. The van der Waals surface area contributed by atoms with Gasteiger partial charge >= 0.3 is 6.18 Å². The van der Waals surface area contributed by atoms with E-state index in [0.717, 1.165) is 22.4 Å². The van der Waals surface area contributed by atoms with Crippen LogP contribution in [-0.4, -0.2) is 27.7 Å². The minimum Gasteiger partial charge on any atom is -0.454 e. The fourth-order valence-electron chi connectivity index (χ4n) is 2.77. The number of nitrogens with two attached hydrogens (primary N) is 1. The molecule has 0 radical (unpaired) electrons. The quantitative estimate of drug-likeness (QED) is 0.691. The molecule has 0 unspecified atom stereocenters. The molecule has 0 fully saturated rings. The van der Waals surface area contributed by atoms with Crippen LogP contribution in [0.1, 0.15) is 21.6 Å². The first kappa shape index (κ1) is 18.6. The first-order valence-electron chi connectivity index (χ1n) is 8.38. The first-order valence-corrected chi connectivity index (χ1v) is 8.38. The summed E-state index contributed by atoms with van der Waals surface area (Å²) >= 11 is 0. The van der Waals surface area contributed by atoms with E-state index in [1.807, 2.05) is 0 Å². The molecular weight excluding hydrogens is 391 g/mol. The van der Waals surface area contributed by atoms with E-state index in [9.17, 15) is 18.0 Å². The SMILES string of the molecule is Nc1c(C(=O)NCc2ccc3c(c2)OCO3)nnn1-c1cccc(C(F)(F)F)c1. The lowest BCUT2D eigenvalue weighted by Crippen LogP contribution is -2.24. The lowest BCUT2D eigenvalue weighted by atomic mass is 10.2. The molecule has 3 aromatic rings. The van der Waals surface area contributed by atoms with Gasteiger partial charge in [0, 0.05) is 6.54 Å². The van der Waals surface area contributed by atoms with Crippen molar-refractivity contribution in [1.82, 2.24) is 20.3 Å². The Morgan fingerprint density at radius 3 is 2.76 bits per heavy atom. The van der Waals surface area contributed by atoms with Crippen LogP contribution in [0.4, 0.5) is 19.0 Å². The summed E-state index contributed by atoms with van der Waals surface area (Å²) in [5.74, 6) is 0.408. The van der Waals surface area contributed by atoms with Gasteiger partial charge in [0.1, 0.15) is 0 Å². The largest absolute Gasteiger partial charge is 0.454 e. The molecule has 0 aliphatic carbocycles. The third-order valence-electron chi connectivity index (χ3n) is 4.23. The van der Waals surface area contributed by atoms with Crippen LogP contribution in [0.2, 0.25) is 0 Å². The number of nitrogen functional groups attached to an aromatic ring is 1. The molecule has 2 heterocycles. The highest BCUT2D eigenvalue weighted by molar-refractivity contribution is 5.96. The molecule has 2 aromatic carbocycles. The van der Waals surface area contributed by atoms with Crippen LogP contribution in [0.25, 0.3) is 5.69 Å². The predicted molar refractivity (Wildman–Crippen MR) is 94.5 cm³/mol. The number of carbonyl (C=O) groups excluding carboxylic acids is 1. The number of ether oxygens (including phenoxy) is 2. The van der Waals surface area contributed by atoms with Crippen molar-refractivity contribution >= 4 is 11.7 Å². The fourth-order valence-corrected chi connectivity index (χ4v) is 2.77. The van der Waals surface area contributed by atoms with Crippen LogP contribution in [0.3, 0.4) is 0 Å². The predicted octanol–water partition coefficient (Wildman–Crippen LogP) is 2.53. The first-order chi connectivity index (χ1) is 13.8. The van der Waals surface area contributed by atoms with E-state index in [4.69, 9.17) is 15.2 Å². The molecule has 3 N–H and O–H groups in total. The van der Waals surface area contributed by atoms with Crippen molar-refractivity contribution in [2.75, 3.05) is 12.5 Å². The number of alkyl halides is 3. The zero-order valence-electron chi connectivity index (χ0n) is 14.7. The number of aromatic nitrogens is 3. The second-order valence-corrected chi connectivity index (χ2v) is 6.15. The lowest BCUT2D eigenvalue weighted by molar-refractivity contribution is -0.137. The van der Waals surface area contributed by atoms with Gasteiger partial charge in [0.2, 0.25) is 6.79 Å². The Balaban J connectivity index is 1.50. The highest BCUT2D eigenvalue weighted by atomic mass is 19.4. The van der Waals surface area contributed by atoms with E-state index in [1.165, 1.54) is 12.1 Å². The molecule has 4 rings (SSSR count). The third kappa shape index (κ3) is 3.66. The van der Waals surface area contributed by atoms with Crippen molar-refractivity contribution < 1.29 is 27.4 Å². The van der Waals surface area contributed by atoms with Crippen LogP contribution in [0.15, 0.2) is 42.5 Å². The maximum absolute atomic E-state index is 12.9. The molecule has 0 atom stereocenters. The van der Waals surface area contributed by atoms with Gasteiger partial charge in [-0.15, -0.1) is 5.10 Å². The Hall–Kier alpha value is -3.76. The zero-order valence-corrected chi connectivity index (χ0v) is 14.7. The van der Waals surface area contributed by atoms with Crippen LogP contribution >= 0.6 is 0 Å². The smallest absolute Gasteiger partial charge is 0.416 e. The Bertz CT molecular complexity index is 1080. The van der Waals surface area contributed by atoms with Gasteiger partial charge in [-0.2, -0.15) is 17.9 Å². The molecule has 1 aliphatic heterocycles. The molecule has 1 aromatic heterocycles. The number of halogens is 3. The van der Waals surface area contributed by atoms with Crippen LogP contribution in [-0.2, 0) is 12.7 Å². The molecule has 1 aliphatic rings. The van der Waals surface area contributed by atoms with Gasteiger partial charge in [0.05, 0.1) is 11.3 Å². The maximum atomic E-state index is 12.9. The highest BCUT2D eigenvalue weighted by Gasteiger charge is 2.31. The lowest BCUT2D eigenvalue weighted by Gasteiger charge is -2.09. The Kier molecular flexibility index (Phi) is 4.49. The van der Waals surface area contributed by atoms with Gasteiger partial charge in [0.15, 0.2) is 23.0 Å². The number of nitrogens with one attached hydrogen (secondary N) is 1. The summed E-state index contributed by atoms with van der Waals surface area (Å²) in [4.78, 5) is 12.4. The summed E-state index contributed by atoms with van der Waals surface area (Å²) in [5.41, 5.74) is 5.64. The number of fused-ring (bicyclic) bond motifs is 1. The number of hydrogen-bond donors (Lipinski definition) is 2. The number of anilines is 1. The van der Waals surface area contributed by atoms with Crippen molar-refractivity contribution in [1.29, 1.82) is 0 Å². The molecule has 0 spiro atoms. The average molecular weight is 405 g/mol. The minimum atomic E-state index is -4.52. The Morgan fingerprint density at radius 1 is 1.17 bits per heavy atom. The highest BCUT2D eigenvalue weighted by Crippen LogP contribution is 2.32. The minimum absolute atomic E-state index is 0.0413. The standard InChI is InChI=1S/C18H14F3N5O3/c19-18(20,21)11-2-1-3-12(7-11)26-16(22)15(24-25-26)17(27)23-8-10-4-5-13-14(6-10)29-9-28-13/h1-7H,8-9,22H2,(H,23,27). The van der Waals surface area contributed by atoms with Gasteiger partial charge < -0.3 is 20.5 Å². The van der Waals surface area contributed by atoms with Gasteiger partial charge in [-0.1, -0.05) is 17.3 Å². The van der Waals surface area contributed by atoms with Crippen LogP contribution in [0, 0.1) is 0 Å². The van der Waals surface area contributed by atoms with E-state index >= 15 is 0 Å². The zero-order chi connectivity index (χ0) is 20.6. The van der Waals surface area contributed by atoms with Crippen molar-refractivity contribution in [3.63, 3.8) is 0 Å². The third-order valence-corrected chi connectivity index (χ3v) is 4.23. The Morgan fingerprint density at radius 2 is 1.97 bits per heavy atom. The summed E-state index contributed by atoms with van der Waals surface area (Å²) in [6, 6.07) is 9.62. The second kappa shape index (κ2) is 7.00. The van der Waals surface area contributed by atoms with Crippen molar-refractivity contribution in [3.05, 3.63) is 59.3 Å². The summed E-state index contributed by atoms with van der Waals surface area (Å²) in [6.07, 6.45) is -4.52. The van der Waals surface area contributed by atoms with E-state index in [-0.39, 0.29) is 30.5 Å². The average Bonchev–Trinajstić information content (AvgIpc) is 3.31. The fraction of sp³-hybridized carbons (Fsp3) is 0.167. The summed E-state index contributed by atoms with van der Waals surface area (Å²) in [6.45, 7) is 0.297. The van der Waals surface area contributed by atoms with Gasteiger partial charge in [-0.3, -0.25) is 4.79 Å². The number of hydrogen-bond acceptors (Lipinski definition) is 6.